The van der Waals surface area contributed by atoms with E-state index in [2.05, 4.69) is 27.7 Å². The topological polar surface area (TPSA) is 9.23 Å². The van der Waals surface area contributed by atoms with Crippen LogP contribution in [-0.4, -0.2) is 13.7 Å². The first-order chi connectivity index (χ1) is 5.58. The van der Waals surface area contributed by atoms with Crippen LogP contribution < -0.4 is 0 Å². The molecule has 0 aliphatic rings. The second kappa shape index (κ2) is 5.58. The number of rotatable bonds is 6. The molecule has 0 saturated carbocycles. The van der Waals surface area contributed by atoms with Crippen LogP contribution in [0.5, 0.6) is 0 Å². The lowest BCUT2D eigenvalue weighted by Crippen LogP contribution is -2.19. The molecule has 12 heavy (non-hydrogen) atoms. The highest BCUT2D eigenvalue weighted by molar-refractivity contribution is 4.73. The van der Waals surface area contributed by atoms with Crippen molar-refractivity contribution in [3.05, 3.63) is 0 Å². The smallest absolute Gasteiger partial charge is 0.0488 e. The molecule has 74 valence electrons. The van der Waals surface area contributed by atoms with E-state index in [-0.39, 0.29) is 0 Å². The van der Waals surface area contributed by atoms with Gasteiger partial charge in [-0.15, -0.1) is 0 Å². The van der Waals surface area contributed by atoms with E-state index < -0.39 is 0 Å². The molecule has 0 aromatic heterocycles. The third-order valence-electron chi connectivity index (χ3n) is 3.00. The van der Waals surface area contributed by atoms with Gasteiger partial charge in [-0.25, -0.2) is 0 Å². The van der Waals surface area contributed by atoms with E-state index in [1.165, 1.54) is 19.3 Å². The van der Waals surface area contributed by atoms with Gasteiger partial charge in [-0.2, -0.15) is 0 Å². The molecule has 0 radical (unpaired) electrons. The lowest BCUT2D eigenvalue weighted by atomic mass is 9.77. The Kier molecular flexibility index (Phi) is 5.56. The fourth-order valence-electron chi connectivity index (χ4n) is 1.72. The molecule has 1 heteroatoms. The van der Waals surface area contributed by atoms with Crippen molar-refractivity contribution in [3.63, 3.8) is 0 Å². The van der Waals surface area contributed by atoms with E-state index in [0.717, 1.165) is 6.61 Å². The molecule has 0 spiro atoms. The van der Waals surface area contributed by atoms with E-state index in [1.807, 2.05) is 0 Å². The quantitative estimate of drug-likeness (QED) is 0.596. The maximum absolute atomic E-state index is 5.14. The van der Waals surface area contributed by atoms with E-state index in [0.29, 0.717) is 11.3 Å². The predicted octanol–water partition coefficient (Wildman–Crippen LogP) is 3.49. The van der Waals surface area contributed by atoms with Crippen LogP contribution in [0.4, 0.5) is 0 Å². The Labute approximate surface area is 77.5 Å². The summed E-state index contributed by atoms with van der Waals surface area (Å²) in [5, 5.41) is 0. The summed E-state index contributed by atoms with van der Waals surface area (Å²) in [5.74, 6) is 0.694. The summed E-state index contributed by atoms with van der Waals surface area (Å²) in [5.41, 5.74) is 0.526. The molecule has 0 saturated heterocycles. The molecule has 0 amide bonds. The van der Waals surface area contributed by atoms with Crippen molar-refractivity contribution in [2.24, 2.45) is 11.3 Å². The number of methoxy groups -OCH3 is 1. The summed E-state index contributed by atoms with van der Waals surface area (Å²) in [6.07, 6.45) is 3.84. The van der Waals surface area contributed by atoms with Crippen molar-refractivity contribution in [1.82, 2.24) is 0 Å². The summed E-state index contributed by atoms with van der Waals surface area (Å²) < 4.78 is 5.14. The normalized spacial score (nSPS) is 14.8. The van der Waals surface area contributed by atoms with Crippen LogP contribution in [0.3, 0.4) is 0 Å². The van der Waals surface area contributed by atoms with Crippen molar-refractivity contribution < 1.29 is 4.74 Å². The van der Waals surface area contributed by atoms with Crippen LogP contribution in [0.2, 0.25) is 0 Å². The van der Waals surface area contributed by atoms with Crippen LogP contribution in [0, 0.1) is 11.3 Å². The maximum Gasteiger partial charge on any atom is 0.0488 e. The minimum Gasteiger partial charge on any atom is -0.384 e. The Morgan fingerprint density at radius 2 is 1.75 bits per heavy atom. The van der Waals surface area contributed by atoms with Crippen molar-refractivity contribution >= 4 is 0 Å². The summed E-state index contributed by atoms with van der Waals surface area (Å²) in [6, 6.07) is 0. The molecule has 0 N–H and O–H groups in total. The molecule has 1 nitrogen and oxygen atoms in total. The monoisotopic (exact) mass is 172 g/mol. The average Bonchev–Trinajstić information content (AvgIpc) is 2.05. The predicted molar refractivity (Wildman–Crippen MR) is 54.3 cm³/mol. The van der Waals surface area contributed by atoms with Crippen molar-refractivity contribution in [3.8, 4) is 0 Å². The van der Waals surface area contributed by atoms with E-state index in [9.17, 15) is 0 Å². The first-order valence-electron chi connectivity index (χ1n) is 5.07. The number of ether oxygens (including phenoxy) is 1. The summed E-state index contributed by atoms with van der Waals surface area (Å²) in [7, 11) is 1.78. The minimum absolute atomic E-state index is 0.526. The summed E-state index contributed by atoms with van der Waals surface area (Å²) in [4.78, 5) is 0. The van der Waals surface area contributed by atoms with Gasteiger partial charge in [0.15, 0.2) is 0 Å². The van der Waals surface area contributed by atoms with Crippen molar-refractivity contribution in [1.29, 1.82) is 0 Å². The van der Waals surface area contributed by atoms with Gasteiger partial charge in [0, 0.05) is 13.7 Å². The molecule has 1 atom stereocenters. The van der Waals surface area contributed by atoms with Crippen LogP contribution in [0.25, 0.3) is 0 Å². The maximum atomic E-state index is 5.14. The molecule has 0 aromatic carbocycles. The van der Waals surface area contributed by atoms with Crippen molar-refractivity contribution in [2.75, 3.05) is 13.7 Å². The van der Waals surface area contributed by atoms with Gasteiger partial charge in [0.25, 0.3) is 0 Å². The fraction of sp³-hybridized carbons (Fsp3) is 1.00. The molecular formula is C11H24O. The summed E-state index contributed by atoms with van der Waals surface area (Å²) >= 11 is 0. The first-order valence-corrected chi connectivity index (χ1v) is 5.07. The fourth-order valence-corrected chi connectivity index (χ4v) is 1.72. The molecular weight excluding hydrogens is 148 g/mol. The lowest BCUT2D eigenvalue weighted by Gasteiger charge is -2.29. The molecule has 0 fully saturated rings. The molecule has 0 aliphatic carbocycles. The van der Waals surface area contributed by atoms with Crippen LogP contribution in [0.1, 0.15) is 47.0 Å². The second-order valence-electron chi connectivity index (χ2n) is 4.28. The standard InChI is InChI=1S/C11H24O/c1-6-11(4,7-2)8-10(3)9-12-5/h10H,6-9H2,1-5H3/t10-/m0/s1. The Balaban J connectivity index is 3.84. The van der Waals surface area contributed by atoms with Gasteiger partial charge in [0.05, 0.1) is 0 Å². The Morgan fingerprint density at radius 3 is 2.08 bits per heavy atom. The minimum atomic E-state index is 0.526. The van der Waals surface area contributed by atoms with E-state index >= 15 is 0 Å². The van der Waals surface area contributed by atoms with Crippen molar-refractivity contribution in [2.45, 2.75) is 47.0 Å². The van der Waals surface area contributed by atoms with Gasteiger partial charge in [0.2, 0.25) is 0 Å². The van der Waals surface area contributed by atoms with Gasteiger partial charge >= 0.3 is 0 Å². The third-order valence-corrected chi connectivity index (χ3v) is 3.00. The summed E-state index contributed by atoms with van der Waals surface area (Å²) in [6.45, 7) is 10.1. The lowest BCUT2D eigenvalue weighted by molar-refractivity contribution is 0.121. The van der Waals surface area contributed by atoms with Crippen LogP contribution in [-0.2, 0) is 4.74 Å². The third kappa shape index (κ3) is 4.10. The molecule has 0 bridgehead atoms. The van der Waals surface area contributed by atoms with Crippen LogP contribution in [0.15, 0.2) is 0 Å². The molecule has 0 rings (SSSR count). The average molecular weight is 172 g/mol. The highest BCUT2D eigenvalue weighted by atomic mass is 16.5. The van der Waals surface area contributed by atoms with Gasteiger partial charge < -0.3 is 4.74 Å². The van der Waals surface area contributed by atoms with E-state index in [4.69, 9.17) is 4.74 Å². The second-order valence-corrected chi connectivity index (χ2v) is 4.28. The van der Waals surface area contributed by atoms with Gasteiger partial charge in [-0.3, -0.25) is 0 Å². The molecule has 0 aliphatic heterocycles. The largest absolute Gasteiger partial charge is 0.384 e. The highest BCUT2D eigenvalue weighted by Crippen LogP contribution is 2.32. The van der Waals surface area contributed by atoms with Crippen LogP contribution >= 0.6 is 0 Å². The zero-order chi connectivity index (χ0) is 9.61. The molecule has 0 heterocycles. The van der Waals surface area contributed by atoms with Gasteiger partial charge in [0.1, 0.15) is 0 Å². The highest BCUT2D eigenvalue weighted by Gasteiger charge is 2.22. The van der Waals surface area contributed by atoms with E-state index in [1.54, 1.807) is 7.11 Å². The molecule has 0 aromatic rings. The Bertz CT molecular complexity index is 106. The number of hydrogen-bond acceptors (Lipinski definition) is 1. The van der Waals surface area contributed by atoms with Gasteiger partial charge in [-0.05, 0) is 17.8 Å². The Hall–Kier alpha value is -0.0400. The molecule has 0 unspecified atom stereocenters. The zero-order valence-corrected chi connectivity index (χ0v) is 9.31. The number of hydrogen-bond donors (Lipinski definition) is 0. The zero-order valence-electron chi connectivity index (χ0n) is 9.31. The van der Waals surface area contributed by atoms with Gasteiger partial charge in [-0.1, -0.05) is 40.5 Å². The first kappa shape index (κ1) is 12.0. The Morgan fingerprint density at radius 1 is 1.25 bits per heavy atom. The SMILES string of the molecule is CCC(C)(CC)C[C@H](C)COC.